The van der Waals surface area contributed by atoms with Gasteiger partial charge in [-0.1, -0.05) is 29.8 Å². The van der Waals surface area contributed by atoms with E-state index in [1.54, 1.807) is 4.90 Å². The molecule has 20 heavy (non-hydrogen) atoms. The van der Waals surface area contributed by atoms with E-state index in [0.29, 0.717) is 11.3 Å². The molecule has 1 unspecified atom stereocenters. The number of hydrogen-bond acceptors (Lipinski definition) is 3. The molecule has 2 N–H and O–H groups in total. The van der Waals surface area contributed by atoms with Crippen LogP contribution in [-0.4, -0.2) is 16.9 Å². The Balaban J connectivity index is 2.05. The maximum Gasteiger partial charge on any atom is 0.260 e. The van der Waals surface area contributed by atoms with Crippen molar-refractivity contribution in [2.24, 2.45) is 0 Å². The predicted molar refractivity (Wildman–Crippen MR) is 80.1 cm³/mol. The van der Waals surface area contributed by atoms with Crippen molar-refractivity contribution < 1.29 is 4.79 Å². The lowest BCUT2D eigenvalue weighted by Crippen LogP contribution is -2.36. The summed E-state index contributed by atoms with van der Waals surface area (Å²) in [6, 6.07) is 9.54. The molecule has 2 heterocycles. The number of halogens is 1. The topological polar surface area (TPSA) is 59.2 Å². The van der Waals surface area contributed by atoms with E-state index in [2.05, 4.69) is 4.98 Å². The molecular weight excluding hydrogens is 274 g/mol. The minimum absolute atomic E-state index is 0.103. The molecule has 5 heteroatoms. The minimum atomic E-state index is -0.135. The summed E-state index contributed by atoms with van der Waals surface area (Å²) in [5.41, 5.74) is 8.71. The van der Waals surface area contributed by atoms with Crippen LogP contribution in [0.4, 0.5) is 11.4 Å². The number of benzene rings is 1. The van der Waals surface area contributed by atoms with Crippen molar-refractivity contribution in [2.75, 3.05) is 10.6 Å². The third kappa shape index (κ3) is 2.02. The van der Waals surface area contributed by atoms with Crippen molar-refractivity contribution in [3.8, 4) is 0 Å². The van der Waals surface area contributed by atoms with Gasteiger partial charge in [0.2, 0.25) is 0 Å². The molecule has 1 aromatic heterocycles. The summed E-state index contributed by atoms with van der Waals surface area (Å²) in [5, 5.41) is 0.266. The van der Waals surface area contributed by atoms with Crippen LogP contribution in [0.25, 0.3) is 0 Å². The molecule has 0 saturated heterocycles. The van der Waals surface area contributed by atoms with Crippen LogP contribution in [0.5, 0.6) is 0 Å². The predicted octanol–water partition coefficient (Wildman–Crippen LogP) is 2.91. The third-order valence-electron chi connectivity index (χ3n) is 3.56. The largest absolute Gasteiger partial charge is 0.397 e. The Hall–Kier alpha value is -2.07. The lowest BCUT2D eigenvalue weighted by molar-refractivity contribution is 0.0982. The summed E-state index contributed by atoms with van der Waals surface area (Å²) in [7, 11) is 0. The SMILES string of the molecule is CC1Cc2ccccc2N1C(=O)c1cc(Cl)ncc1N. The Morgan fingerprint density at radius 2 is 2.20 bits per heavy atom. The quantitative estimate of drug-likeness (QED) is 0.821. The first-order valence-electron chi connectivity index (χ1n) is 6.40. The zero-order chi connectivity index (χ0) is 14.3. The molecule has 1 atom stereocenters. The highest BCUT2D eigenvalue weighted by Crippen LogP contribution is 2.33. The normalized spacial score (nSPS) is 17.1. The van der Waals surface area contributed by atoms with Crippen LogP contribution in [0.15, 0.2) is 36.5 Å². The molecule has 4 nitrogen and oxygen atoms in total. The summed E-state index contributed by atoms with van der Waals surface area (Å²) in [5.74, 6) is -0.135. The van der Waals surface area contributed by atoms with Gasteiger partial charge >= 0.3 is 0 Å². The van der Waals surface area contributed by atoms with E-state index in [-0.39, 0.29) is 17.1 Å². The van der Waals surface area contributed by atoms with Crippen LogP contribution in [0.2, 0.25) is 5.15 Å². The Morgan fingerprint density at radius 3 is 3.00 bits per heavy atom. The van der Waals surface area contributed by atoms with Gasteiger partial charge in [0.05, 0.1) is 17.4 Å². The van der Waals surface area contributed by atoms with E-state index < -0.39 is 0 Å². The highest BCUT2D eigenvalue weighted by atomic mass is 35.5. The Labute approximate surface area is 122 Å². The fourth-order valence-electron chi connectivity index (χ4n) is 2.63. The zero-order valence-corrected chi connectivity index (χ0v) is 11.8. The summed E-state index contributed by atoms with van der Waals surface area (Å²) in [6.07, 6.45) is 2.27. The fraction of sp³-hybridized carbons (Fsp3) is 0.200. The van der Waals surface area contributed by atoms with Gasteiger partial charge in [0, 0.05) is 11.7 Å². The molecule has 3 rings (SSSR count). The lowest BCUT2D eigenvalue weighted by atomic mass is 10.1. The first-order valence-corrected chi connectivity index (χ1v) is 6.78. The standard InChI is InChI=1S/C15H14ClN3O/c1-9-6-10-4-2-3-5-13(10)19(9)15(20)11-7-14(16)18-8-12(11)17/h2-5,7-9H,6,17H2,1H3. The van der Waals surface area contributed by atoms with E-state index in [9.17, 15) is 4.79 Å². The Morgan fingerprint density at radius 1 is 1.45 bits per heavy atom. The second-order valence-corrected chi connectivity index (χ2v) is 5.34. The number of fused-ring (bicyclic) bond motifs is 1. The molecule has 102 valence electrons. The van der Waals surface area contributed by atoms with Gasteiger partial charge in [-0.3, -0.25) is 4.79 Å². The van der Waals surface area contributed by atoms with Gasteiger partial charge < -0.3 is 10.6 Å². The average Bonchev–Trinajstić information content (AvgIpc) is 2.76. The second-order valence-electron chi connectivity index (χ2n) is 4.95. The van der Waals surface area contributed by atoms with Gasteiger partial charge in [0.25, 0.3) is 5.91 Å². The molecule has 0 spiro atoms. The van der Waals surface area contributed by atoms with Crippen molar-refractivity contribution in [2.45, 2.75) is 19.4 Å². The maximum atomic E-state index is 12.8. The molecule has 0 bridgehead atoms. The Bertz CT molecular complexity index is 687. The summed E-state index contributed by atoms with van der Waals surface area (Å²) >= 11 is 5.87. The van der Waals surface area contributed by atoms with Crippen LogP contribution in [-0.2, 0) is 6.42 Å². The number of hydrogen-bond donors (Lipinski definition) is 1. The number of carbonyl (C=O) groups excluding carboxylic acids is 1. The molecule has 2 aromatic rings. The Kier molecular flexibility index (Phi) is 3.10. The number of anilines is 2. The van der Waals surface area contributed by atoms with E-state index in [1.165, 1.54) is 17.8 Å². The summed E-state index contributed by atoms with van der Waals surface area (Å²) in [6.45, 7) is 2.02. The third-order valence-corrected chi connectivity index (χ3v) is 3.76. The van der Waals surface area contributed by atoms with Crippen molar-refractivity contribution in [3.63, 3.8) is 0 Å². The number of nitrogens with two attached hydrogens (primary N) is 1. The van der Waals surface area contributed by atoms with Crippen LogP contribution >= 0.6 is 11.6 Å². The zero-order valence-electron chi connectivity index (χ0n) is 11.0. The van der Waals surface area contributed by atoms with Crippen LogP contribution in [0.1, 0.15) is 22.8 Å². The number of aromatic nitrogens is 1. The van der Waals surface area contributed by atoms with Crippen molar-refractivity contribution in [1.82, 2.24) is 4.98 Å². The van der Waals surface area contributed by atoms with Gasteiger partial charge in [-0.2, -0.15) is 0 Å². The summed E-state index contributed by atoms with van der Waals surface area (Å²) in [4.78, 5) is 18.4. The first-order chi connectivity index (χ1) is 9.58. The van der Waals surface area contributed by atoms with E-state index >= 15 is 0 Å². The molecular formula is C15H14ClN3O. The minimum Gasteiger partial charge on any atom is -0.397 e. The van der Waals surface area contributed by atoms with Crippen molar-refractivity contribution in [3.05, 3.63) is 52.8 Å². The van der Waals surface area contributed by atoms with Crippen LogP contribution in [0, 0.1) is 0 Å². The molecule has 0 saturated carbocycles. The van der Waals surface area contributed by atoms with Gasteiger partial charge in [0.15, 0.2) is 0 Å². The number of nitrogen functional groups attached to an aromatic ring is 1. The number of rotatable bonds is 1. The highest BCUT2D eigenvalue weighted by molar-refractivity contribution is 6.30. The fourth-order valence-corrected chi connectivity index (χ4v) is 2.79. The first kappa shape index (κ1) is 12.9. The monoisotopic (exact) mass is 287 g/mol. The molecule has 0 aliphatic carbocycles. The molecule has 1 aromatic carbocycles. The van der Waals surface area contributed by atoms with E-state index in [0.717, 1.165) is 12.1 Å². The molecule has 0 radical (unpaired) electrons. The summed E-state index contributed by atoms with van der Waals surface area (Å²) < 4.78 is 0. The van der Waals surface area contributed by atoms with Gasteiger partial charge in [0.1, 0.15) is 5.15 Å². The van der Waals surface area contributed by atoms with Gasteiger partial charge in [-0.15, -0.1) is 0 Å². The van der Waals surface area contributed by atoms with Crippen molar-refractivity contribution in [1.29, 1.82) is 0 Å². The van der Waals surface area contributed by atoms with Crippen LogP contribution < -0.4 is 10.6 Å². The molecule has 1 amide bonds. The highest BCUT2D eigenvalue weighted by Gasteiger charge is 2.32. The van der Waals surface area contributed by atoms with Crippen molar-refractivity contribution >= 4 is 28.9 Å². The lowest BCUT2D eigenvalue weighted by Gasteiger charge is -2.23. The maximum absolute atomic E-state index is 12.8. The van der Waals surface area contributed by atoms with Crippen LogP contribution in [0.3, 0.4) is 0 Å². The smallest absolute Gasteiger partial charge is 0.260 e. The second kappa shape index (κ2) is 4.80. The number of carbonyl (C=O) groups is 1. The number of pyridine rings is 1. The van der Waals surface area contributed by atoms with Gasteiger partial charge in [-0.05, 0) is 31.0 Å². The molecule has 1 aliphatic rings. The number of para-hydroxylation sites is 1. The van der Waals surface area contributed by atoms with E-state index in [4.69, 9.17) is 17.3 Å². The van der Waals surface area contributed by atoms with E-state index in [1.807, 2.05) is 31.2 Å². The average molecular weight is 288 g/mol. The molecule has 1 aliphatic heterocycles. The molecule has 0 fully saturated rings. The van der Waals surface area contributed by atoms with Gasteiger partial charge in [-0.25, -0.2) is 4.98 Å². The number of amides is 1. The number of nitrogens with zero attached hydrogens (tertiary/aromatic N) is 2.